The van der Waals surface area contributed by atoms with Crippen molar-refractivity contribution in [1.82, 2.24) is 4.90 Å². The Labute approximate surface area is 166 Å². The highest BCUT2D eigenvalue weighted by atomic mass is 35.5. The number of benzene rings is 1. The van der Waals surface area contributed by atoms with Crippen molar-refractivity contribution in [3.63, 3.8) is 0 Å². The van der Waals surface area contributed by atoms with Gasteiger partial charge in [0.15, 0.2) is 0 Å². The Hall–Kier alpha value is -1.66. The van der Waals surface area contributed by atoms with Crippen LogP contribution in [0.2, 0.25) is 5.02 Å². The molecule has 0 fully saturated rings. The normalized spacial score (nSPS) is 17.1. The Morgan fingerprint density at radius 2 is 2.15 bits per heavy atom. The van der Waals surface area contributed by atoms with Crippen molar-refractivity contribution in [2.75, 3.05) is 18.4 Å². The van der Waals surface area contributed by atoms with Gasteiger partial charge in [-0.1, -0.05) is 17.7 Å². The van der Waals surface area contributed by atoms with E-state index in [2.05, 4.69) is 39.2 Å². The number of amides is 1. The van der Waals surface area contributed by atoms with Crippen molar-refractivity contribution < 1.29 is 4.79 Å². The predicted octanol–water partition coefficient (Wildman–Crippen LogP) is 5.36. The molecule has 1 aliphatic heterocycles. The highest BCUT2D eigenvalue weighted by Gasteiger charge is 2.31. The molecule has 6 heteroatoms. The highest BCUT2D eigenvalue weighted by molar-refractivity contribution is 7.10. The van der Waals surface area contributed by atoms with Gasteiger partial charge in [-0.25, -0.2) is 0 Å². The van der Waals surface area contributed by atoms with E-state index in [0.29, 0.717) is 11.6 Å². The molecule has 0 saturated carbocycles. The van der Waals surface area contributed by atoms with Gasteiger partial charge in [0.2, 0.25) is 5.91 Å². The van der Waals surface area contributed by atoms with Crippen LogP contribution in [0.25, 0.3) is 0 Å². The van der Waals surface area contributed by atoms with Gasteiger partial charge >= 0.3 is 0 Å². The van der Waals surface area contributed by atoms with Gasteiger partial charge in [-0.2, -0.15) is 0 Å². The summed E-state index contributed by atoms with van der Waals surface area (Å²) in [5.74, 6) is 0.00987. The lowest BCUT2D eigenvalue weighted by Crippen LogP contribution is -2.40. The Kier molecular flexibility index (Phi) is 5.14. The molecule has 1 unspecified atom stereocenters. The Bertz CT molecular complexity index is 920. The third-order valence-corrected chi connectivity index (χ3v) is 6.84. The summed E-state index contributed by atoms with van der Waals surface area (Å²) in [6.07, 6.45) is 1.00. The fourth-order valence-corrected chi connectivity index (χ4v) is 5.47. The van der Waals surface area contributed by atoms with E-state index >= 15 is 0 Å². The van der Waals surface area contributed by atoms with Crippen LogP contribution in [0.15, 0.2) is 47.2 Å². The smallest absolute Gasteiger partial charge is 0.238 e. The molecule has 4 rings (SSSR count). The summed E-state index contributed by atoms with van der Waals surface area (Å²) in [4.78, 5) is 17.7. The summed E-state index contributed by atoms with van der Waals surface area (Å²) in [5.41, 5.74) is 3.14. The number of nitrogens with zero attached hydrogens (tertiary/aromatic N) is 1. The molecule has 2 aromatic heterocycles. The fourth-order valence-electron chi connectivity index (χ4n) is 3.46. The summed E-state index contributed by atoms with van der Waals surface area (Å²) >= 11 is 9.57. The van der Waals surface area contributed by atoms with E-state index in [-0.39, 0.29) is 11.9 Å². The van der Waals surface area contributed by atoms with Gasteiger partial charge < -0.3 is 5.32 Å². The summed E-state index contributed by atoms with van der Waals surface area (Å²) < 4.78 is 0. The topological polar surface area (TPSA) is 32.3 Å². The average Bonchev–Trinajstić information content (AvgIpc) is 3.28. The van der Waals surface area contributed by atoms with Crippen molar-refractivity contribution in [2.24, 2.45) is 0 Å². The summed E-state index contributed by atoms with van der Waals surface area (Å²) in [6, 6.07) is 12.1. The summed E-state index contributed by atoms with van der Waals surface area (Å²) in [5, 5.41) is 7.98. The molecule has 0 radical (unpaired) electrons. The van der Waals surface area contributed by atoms with Gasteiger partial charge in [0.25, 0.3) is 0 Å². The van der Waals surface area contributed by atoms with E-state index in [1.807, 2.05) is 30.4 Å². The summed E-state index contributed by atoms with van der Waals surface area (Å²) in [6.45, 7) is 3.22. The number of carbonyl (C=O) groups excluding carboxylic acids is 1. The lowest BCUT2D eigenvalue weighted by molar-refractivity contribution is -0.117. The van der Waals surface area contributed by atoms with E-state index in [0.717, 1.165) is 24.2 Å². The number of halogens is 1. The number of thiophene rings is 2. The van der Waals surface area contributed by atoms with Gasteiger partial charge in [-0.3, -0.25) is 9.69 Å². The lowest BCUT2D eigenvalue weighted by Gasteiger charge is -2.34. The standard InChI is InChI=1S/C20H19ClN2OS2/c1-13-11-14(21)4-5-16(13)22-19(24)12-23-8-6-17-15(7-10-26-17)20(23)18-3-2-9-25-18/h2-5,7,9-11,20H,6,8,12H2,1H3,(H,22,24). The molecule has 1 N–H and O–H groups in total. The number of anilines is 1. The molecule has 1 atom stereocenters. The number of carbonyl (C=O) groups is 1. The first-order valence-electron chi connectivity index (χ1n) is 8.51. The van der Waals surface area contributed by atoms with Crippen LogP contribution in [0.1, 0.15) is 26.9 Å². The number of rotatable bonds is 4. The second kappa shape index (κ2) is 7.53. The minimum Gasteiger partial charge on any atom is -0.325 e. The van der Waals surface area contributed by atoms with Gasteiger partial charge in [0.05, 0.1) is 12.6 Å². The maximum atomic E-state index is 12.7. The largest absolute Gasteiger partial charge is 0.325 e. The van der Waals surface area contributed by atoms with Crippen molar-refractivity contribution >= 4 is 45.9 Å². The zero-order valence-electron chi connectivity index (χ0n) is 14.4. The molecular formula is C20H19ClN2OS2. The summed E-state index contributed by atoms with van der Waals surface area (Å²) in [7, 11) is 0. The molecular weight excluding hydrogens is 384 g/mol. The van der Waals surface area contributed by atoms with Crippen LogP contribution in [0.5, 0.6) is 0 Å². The molecule has 0 saturated heterocycles. The second-order valence-corrected chi connectivity index (χ2v) is 8.86. The van der Waals surface area contributed by atoms with Crippen LogP contribution in [0, 0.1) is 6.92 Å². The number of fused-ring (bicyclic) bond motifs is 1. The zero-order valence-corrected chi connectivity index (χ0v) is 16.8. The van der Waals surface area contributed by atoms with Gasteiger partial charge in [-0.05, 0) is 65.6 Å². The van der Waals surface area contributed by atoms with E-state index in [1.54, 1.807) is 17.4 Å². The first-order valence-corrected chi connectivity index (χ1v) is 10.7. The van der Waals surface area contributed by atoms with Crippen molar-refractivity contribution in [3.05, 3.63) is 73.1 Å². The SMILES string of the molecule is Cc1cc(Cl)ccc1NC(=O)CN1CCc2sccc2C1c1cccs1. The quantitative estimate of drug-likeness (QED) is 0.637. The molecule has 1 aliphatic rings. The maximum absolute atomic E-state index is 12.7. The van der Waals surface area contributed by atoms with Crippen LogP contribution >= 0.6 is 34.3 Å². The molecule has 134 valence electrons. The van der Waals surface area contributed by atoms with E-state index in [4.69, 9.17) is 11.6 Å². The van der Waals surface area contributed by atoms with Crippen LogP contribution in [-0.2, 0) is 11.2 Å². The van der Waals surface area contributed by atoms with Crippen molar-refractivity contribution in [3.8, 4) is 0 Å². The Morgan fingerprint density at radius 1 is 1.27 bits per heavy atom. The van der Waals surface area contributed by atoms with Crippen LogP contribution in [0.3, 0.4) is 0 Å². The Morgan fingerprint density at radius 3 is 2.92 bits per heavy atom. The molecule has 26 heavy (non-hydrogen) atoms. The van der Waals surface area contributed by atoms with Crippen LogP contribution < -0.4 is 5.32 Å². The Balaban J connectivity index is 1.54. The molecule has 1 aromatic carbocycles. The van der Waals surface area contributed by atoms with E-state index in [1.165, 1.54) is 15.3 Å². The minimum atomic E-state index is 0.00987. The highest BCUT2D eigenvalue weighted by Crippen LogP contribution is 2.39. The monoisotopic (exact) mass is 402 g/mol. The first kappa shape index (κ1) is 17.7. The second-order valence-electron chi connectivity index (χ2n) is 6.44. The maximum Gasteiger partial charge on any atom is 0.238 e. The lowest BCUT2D eigenvalue weighted by atomic mass is 9.98. The van der Waals surface area contributed by atoms with E-state index < -0.39 is 0 Å². The predicted molar refractivity (Wildman–Crippen MR) is 111 cm³/mol. The van der Waals surface area contributed by atoms with Gasteiger partial charge in [0, 0.05) is 27.0 Å². The molecule has 3 aromatic rings. The molecule has 1 amide bonds. The van der Waals surface area contributed by atoms with Gasteiger partial charge in [-0.15, -0.1) is 22.7 Å². The molecule has 0 bridgehead atoms. The number of hydrogen-bond acceptors (Lipinski definition) is 4. The molecule has 0 aliphatic carbocycles. The first-order chi connectivity index (χ1) is 12.6. The average molecular weight is 403 g/mol. The molecule has 3 heterocycles. The van der Waals surface area contributed by atoms with E-state index in [9.17, 15) is 4.79 Å². The number of aryl methyl sites for hydroxylation is 1. The fraction of sp³-hybridized carbons (Fsp3) is 0.250. The third-order valence-electron chi connectivity index (χ3n) is 4.69. The van der Waals surface area contributed by atoms with Crippen LogP contribution in [0.4, 0.5) is 5.69 Å². The third kappa shape index (κ3) is 3.58. The minimum absolute atomic E-state index is 0.00987. The molecule has 0 spiro atoms. The van der Waals surface area contributed by atoms with Crippen molar-refractivity contribution in [1.29, 1.82) is 0 Å². The van der Waals surface area contributed by atoms with Gasteiger partial charge in [0.1, 0.15) is 0 Å². The van der Waals surface area contributed by atoms with Crippen molar-refractivity contribution in [2.45, 2.75) is 19.4 Å². The number of nitrogens with one attached hydrogen (secondary N) is 1. The van der Waals surface area contributed by atoms with Crippen LogP contribution in [-0.4, -0.2) is 23.9 Å². The molecule has 3 nitrogen and oxygen atoms in total. The zero-order chi connectivity index (χ0) is 18.1. The number of hydrogen-bond donors (Lipinski definition) is 1.